The van der Waals surface area contributed by atoms with Crippen molar-refractivity contribution >= 4 is 0 Å². The molecular formula is C23H31F2O2Y-. The van der Waals surface area contributed by atoms with Crippen LogP contribution in [0, 0.1) is 12.8 Å². The van der Waals surface area contributed by atoms with Gasteiger partial charge in [0, 0.05) is 44.2 Å². The van der Waals surface area contributed by atoms with Crippen LogP contribution in [0.5, 0.6) is 11.5 Å². The molecule has 1 aromatic carbocycles. The maximum Gasteiger partial charge on any atom is 0.400 e. The second-order valence-electron chi connectivity index (χ2n) is 8.78. The summed E-state index contributed by atoms with van der Waals surface area (Å²) in [5.41, 5.74) is 2.01. The van der Waals surface area contributed by atoms with Gasteiger partial charge in [0.15, 0.2) is 0 Å². The van der Waals surface area contributed by atoms with E-state index in [1.807, 2.05) is 0 Å². The number of allylic oxidation sites excluding steroid dienone is 2. The molecule has 1 aromatic rings. The van der Waals surface area contributed by atoms with E-state index < -0.39 is 17.9 Å². The number of halogens is 2. The van der Waals surface area contributed by atoms with Gasteiger partial charge >= 0.3 is 6.11 Å². The Labute approximate surface area is 193 Å². The normalized spacial score (nSPS) is 23.0. The van der Waals surface area contributed by atoms with Crippen LogP contribution < -0.4 is 4.74 Å². The molecule has 0 amide bonds. The van der Waals surface area contributed by atoms with Gasteiger partial charge in [-0.3, -0.25) is 0 Å². The molecule has 153 valence electrons. The number of unbranched alkanes of at least 4 members (excludes halogenated alkanes) is 3. The van der Waals surface area contributed by atoms with Crippen LogP contribution in [0.1, 0.15) is 82.8 Å². The summed E-state index contributed by atoms with van der Waals surface area (Å²) in [7, 11) is 0. The Balaban J connectivity index is 0.00000280. The van der Waals surface area contributed by atoms with Gasteiger partial charge in [0.25, 0.3) is 0 Å². The van der Waals surface area contributed by atoms with Gasteiger partial charge in [-0.25, -0.2) is 18.6 Å². The van der Waals surface area contributed by atoms with Crippen molar-refractivity contribution < 1.29 is 51.3 Å². The molecule has 28 heavy (non-hydrogen) atoms. The van der Waals surface area contributed by atoms with E-state index in [0.29, 0.717) is 12.0 Å². The number of fused-ring (bicyclic) bond motifs is 3. The average molecular weight is 466 g/mol. The largest absolute Gasteiger partial charge is 0.508 e. The summed E-state index contributed by atoms with van der Waals surface area (Å²) >= 11 is 0. The van der Waals surface area contributed by atoms with Gasteiger partial charge in [-0.1, -0.05) is 59.3 Å². The molecular weight excluding hydrogens is 435 g/mol. The molecule has 0 bridgehead atoms. The Morgan fingerprint density at radius 2 is 1.96 bits per heavy atom. The van der Waals surface area contributed by atoms with Gasteiger partial charge in [0.05, 0.1) is 5.92 Å². The number of hydrogen-bond donors (Lipinski definition) is 1. The summed E-state index contributed by atoms with van der Waals surface area (Å²) in [6.07, 6.45) is 4.74. The summed E-state index contributed by atoms with van der Waals surface area (Å²) in [4.78, 5) is 0. The fourth-order valence-corrected chi connectivity index (χ4v) is 4.46. The minimum Gasteiger partial charge on any atom is -0.508 e. The van der Waals surface area contributed by atoms with Gasteiger partial charge in [-0.15, -0.1) is 0 Å². The summed E-state index contributed by atoms with van der Waals surface area (Å²) in [6, 6.07) is 3.48. The van der Waals surface area contributed by atoms with Crippen molar-refractivity contribution in [2.24, 2.45) is 5.92 Å². The Hall–Kier alpha value is -0.606. The van der Waals surface area contributed by atoms with Crippen LogP contribution in [-0.4, -0.2) is 11.2 Å². The monoisotopic (exact) mass is 466 g/mol. The van der Waals surface area contributed by atoms with E-state index in [1.165, 1.54) is 12.8 Å². The molecule has 1 aliphatic heterocycles. The first kappa shape index (κ1) is 23.7. The molecule has 1 aliphatic carbocycles. The van der Waals surface area contributed by atoms with Gasteiger partial charge in [0.2, 0.25) is 0 Å². The Morgan fingerprint density at radius 1 is 1.25 bits per heavy atom. The van der Waals surface area contributed by atoms with Crippen molar-refractivity contribution in [1.29, 1.82) is 0 Å². The molecule has 0 aromatic heterocycles. The third-order valence-electron chi connectivity index (χ3n) is 6.23. The van der Waals surface area contributed by atoms with Crippen molar-refractivity contribution in [3.63, 3.8) is 0 Å². The minimum atomic E-state index is -3.23. The Kier molecular flexibility index (Phi) is 7.64. The quantitative estimate of drug-likeness (QED) is 0.366. The maximum atomic E-state index is 14.6. The molecule has 1 radical (unpaired) electrons. The fraction of sp³-hybridized carbons (Fsp3) is 0.609. The van der Waals surface area contributed by atoms with Crippen molar-refractivity contribution in [2.75, 3.05) is 0 Å². The van der Waals surface area contributed by atoms with Crippen molar-refractivity contribution in [1.82, 2.24) is 0 Å². The standard InChI is InChI=1S/C23H31F2O2.Y/c1-5-6-7-8-11-22(3,4)16-13-19(26)21-17-12-15(2)9-10-18(17)23(24,25)27-20(21)14-16;/h9,13-14,17-18,26H,2,5-8,10-12H2,1,3-4H3;/q-1;. The molecule has 2 aliphatic rings. The van der Waals surface area contributed by atoms with E-state index in [-0.39, 0.29) is 56.0 Å². The topological polar surface area (TPSA) is 29.5 Å². The number of phenols is 1. The number of hydrogen-bond acceptors (Lipinski definition) is 2. The second kappa shape index (κ2) is 9.04. The molecule has 2 atom stereocenters. The van der Waals surface area contributed by atoms with Gasteiger partial charge in [-0.2, -0.15) is 8.78 Å². The van der Waals surface area contributed by atoms with E-state index in [0.717, 1.165) is 30.4 Å². The van der Waals surface area contributed by atoms with Crippen LogP contribution in [0.4, 0.5) is 8.78 Å². The molecule has 0 saturated heterocycles. The molecule has 1 N–H and O–H groups in total. The predicted molar refractivity (Wildman–Crippen MR) is 104 cm³/mol. The van der Waals surface area contributed by atoms with Crippen LogP contribution in [-0.2, 0) is 38.1 Å². The van der Waals surface area contributed by atoms with Crippen LogP contribution in [0.25, 0.3) is 0 Å². The molecule has 0 fully saturated rings. The van der Waals surface area contributed by atoms with Gasteiger partial charge in [0.1, 0.15) is 11.5 Å². The smallest absolute Gasteiger partial charge is 0.400 e. The minimum absolute atomic E-state index is 0. The third kappa shape index (κ3) is 4.75. The predicted octanol–water partition coefficient (Wildman–Crippen LogP) is 6.88. The third-order valence-corrected chi connectivity index (χ3v) is 6.23. The van der Waals surface area contributed by atoms with Crippen molar-refractivity contribution in [2.45, 2.75) is 83.2 Å². The molecule has 3 rings (SSSR count). The zero-order valence-electron chi connectivity index (χ0n) is 17.2. The number of alkyl halides is 2. The Morgan fingerprint density at radius 3 is 2.64 bits per heavy atom. The van der Waals surface area contributed by atoms with Crippen LogP contribution in [0.2, 0.25) is 0 Å². The van der Waals surface area contributed by atoms with E-state index in [4.69, 9.17) is 4.74 Å². The van der Waals surface area contributed by atoms with E-state index >= 15 is 0 Å². The number of phenolic OH excluding ortho intramolecular Hbond substituents is 1. The molecule has 0 spiro atoms. The fourth-order valence-electron chi connectivity index (χ4n) is 4.46. The molecule has 0 saturated carbocycles. The first-order valence-electron chi connectivity index (χ1n) is 10.1. The van der Waals surface area contributed by atoms with Gasteiger partial charge in [-0.05, 0) is 29.5 Å². The second-order valence-corrected chi connectivity index (χ2v) is 8.78. The number of aromatic hydroxyl groups is 1. The zero-order chi connectivity index (χ0) is 19.8. The van der Waals surface area contributed by atoms with Crippen LogP contribution >= 0.6 is 0 Å². The molecule has 5 heteroatoms. The van der Waals surface area contributed by atoms with E-state index in [9.17, 15) is 13.9 Å². The summed E-state index contributed by atoms with van der Waals surface area (Å²) in [5.74, 6) is -1.20. The summed E-state index contributed by atoms with van der Waals surface area (Å²) in [6.45, 7) is 10.3. The van der Waals surface area contributed by atoms with Crippen molar-refractivity contribution in [3.8, 4) is 11.5 Å². The van der Waals surface area contributed by atoms with Crippen molar-refractivity contribution in [3.05, 3.63) is 41.8 Å². The van der Waals surface area contributed by atoms with Crippen LogP contribution in [0.15, 0.2) is 23.8 Å². The maximum absolute atomic E-state index is 14.6. The zero-order valence-corrected chi connectivity index (χ0v) is 20.1. The Bertz CT molecular complexity index is 728. The SMILES string of the molecule is [CH2-]C1=CCC2C(C1)c1c(O)cc(C(C)(C)CCCCCC)cc1OC2(F)F.[Y]. The average Bonchev–Trinajstić information content (AvgIpc) is 2.57. The first-order valence-corrected chi connectivity index (χ1v) is 10.1. The molecule has 2 nitrogen and oxygen atoms in total. The number of ether oxygens (including phenoxy) is 1. The summed E-state index contributed by atoms with van der Waals surface area (Å²) < 4.78 is 34.4. The van der Waals surface area contributed by atoms with E-state index in [1.54, 1.807) is 18.2 Å². The molecule has 2 unspecified atom stereocenters. The number of benzene rings is 1. The van der Waals surface area contributed by atoms with Crippen LogP contribution in [0.3, 0.4) is 0 Å². The number of rotatable bonds is 6. The summed E-state index contributed by atoms with van der Waals surface area (Å²) in [5, 5.41) is 10.7. The first-order chi connectivity index (χ1) is 12.7. The molecule has 1 heterocycles. The van der Waals surface area contributed by atoms with Gasteiger partial charge < -0.3 is 9.84 Å². The van der Waals surface area contributed by atoms with E-state index in [2.05, 4.69) is 27.7 Å².